The van der Waals surface area contributed by atoms with Gasteiger partial charge in [0.1, 0.15) is 6.61 Å². The summed E-state index contributed by atoms with van der Waals surface area (Å²) in [7, 11) is 0. The lowest BCUT2D eigenvalue weighted by atomic mass is 10.1. The number of rotatable bonds is 8. The van der Waals surface area contributed by atoms with E-state index < -0.39 is 5.97 Å². The summed E-state index contributed by atoms with van der Waals surface area (Å²) in [6, 6.07) is 4.17. The van der Waals surface area contributed by atoms with Crippen LogP contribution in [0, 0.1) is 11.5 Å². The smallest absolute Gasteiger partial charge is 0.335 e. The molecule has 0 aliphatic carbocycles. The summed E-state index contributed by atoms with van der Waals surface area (Å²) in [4.78, 5) is 10.9. The van der Waals surface area contributed by atoms with Gasteiger partial charge < -0.3 is 14.6 Å². The predicted molar refractivity (Wildman–Crippen MR) is 87.6 cm³/mol. The Morgan fingerprint density at radius 2 is 2.00 bits per heavy atom. The standard InChI is InChI=1S/C18H21NO4/c1-13(2)5-4-6-14(3)9-10-22-16-8-7-15(18(20)21)11-17(16)23-12-19/h5,7-9,11H,4,6,10H2,1-3H3,(H,20,21)/b14-9+. The Morgan fingerprint density at radius 3 is 2.61 bits per heavy atom. The molecular weight excluding hydrogens is 294 g/mol. The molecule has 5 heteroatoms. The van der Waals surface area contributed by atoms with Gasteiger partial charge in [-0.05, 0) is 51.8 Å². The Labute approximate surface area is 136 Å². The number of aromatic carboxylic acids is 1. The van der Waals surface area contributed by atoms with Gasteiger partial charge >= 0.3 is 5.97 Å². The van der Waals surface area contributed by atoms with Crippen molar-refractivity contribution in [3.05, 3.63) is 47.1 Å². The molecule has 0 fully saturated rings. The topological polar surface area (TPSA) is 79.6 Å². The van der Waals surface area contributed by atoms with Crippen LogP contribution in [0.1, 0.15) is 44.0 Å². The molecule has 0 radical (unpaired) electrons. The molecule has 23 heavy (non-hydrogen) atoms. The zero-order valence-corrected chi connectivity index (χ0v) is 13.6. The highest BCUT2D eigenvalue weighted by Gasteiger charge is 2.10. The van der Waals surface area contributed by atoms with Crippen LogP contribution in [0.3, 0.4) is 0 Å². The normalized spacial score (nSPS) is 10.6. The van der Waals surface area contributed by atoms with Crippen LogP contribution in [0.15, 0.2) is 41.5 Å². The second-order valence-electron chi connectivity index (χ2n) is 5.34. The first-order chi connectivity index (χ1) is 10.9. The molecule has 0 bridgehead atoms. The predicted octanol–water partition coefficient (Wildman–Crippen LogP) is 4.32. The average Bonchev–Trinajstić information content (AvgIpc) is 2.48. The first kappa shape index (κ1) is 18.3. The highest BCUT2D eigenvalue weighted by atomic mass is 16.5. The molecule has 0 atom stereocenters. The third-order valence-corrected chi connectivity index (χ3v) is 3.11. The lowest BCUT2D eigenvalue weighted by Gasteiger charge is -2.09. The Balaban J connectivity index is 2.68. The molecule has 1 aromatic rings. The number of nitriles is 1. The van der Waals surface area contributed by atoms with Gasteiger partial charge in [0.15, 0.2) is 11.5 Å². The minimum absolute atomic E-state index is 0.0380. The van der Waals surface area contributed by atoms with Crippen LogP contribution in [0.25, 0.3) is 0 Å². The fourth-order valence-corrected chi connectivity index (χ4v) is 1.85. The van der Waals surface area contributed by atoms with Gasteiger partial charge in [-0.25, -0.2) is 4.79 Å². The second kappa shape index (κ2) is 9.31. The molecule has 0 aliphatic heterocycles. The molecule has 0 aromatic heterocycles. The fraction of sp³-hybridized carbons (Fsp3) is 0.333. The average molecular weight is 315 g/mol. The number of carbonyl (C=O) groups is 1. The largest absolute Gasteiger partial charge is 0.486 e. The molecule has 0 unspecified atom stereocenters. The minimum Gasteiger partial charge on any atom is -0.486 e. The van der Waals surface area contributed by atoms with Crippen LogP contribution < -0.4 is 9.47 Å². The Morgan fingerprint density at radius 1 is 1.26 bits per heavy atom. The summed E-state index contributed by atoms with van der Waals surface area (Å²) in [5.41, 5.74) is 2.54. The molecule has 0 saturated heterocycles. The molecule has 0 spiro atoms. The van der Waals surface area contributed by atoms with E-state index in [1.807, 2.05) is 13.0 Å². The van der Waals surface area contributed by atoms with Gasteiger partial charge in [-0.15, -0.1) is 5.26 Å². The number of hydrogen-bond acceptors (Lipinski definition) is 4. The Kier molecular flexibility index (Phi) is 7.41. The number of hydrogen-bond donors (Lipinski definition) is 1. The summed E-state index contributed by atoms with van der Waals surface area (Å²) in [5.74, 6) is -0.651. The fourth-order valence-electron chi connectivity index (χ4n) is 1.85. The zero-order chi connectivity index (χ0) is 17.2. The first-order valence-corrected chi connectivity index (χ1v) is 7.29. The van der Waals surface area contributed by atoms with Crippen molar-refractivity contribution in [1.29, 1.82) is 5.26 Å². The third-order valence-electron chi connectivity index (χ3n) is 3.11. The van der Waals surface area contributed by atoms with Gasteiger partial charge in [0.25, 0.3) is 6.26 Å². The van der Waals surface area contributed by atoms with E-state index in [2.05, 4.69) is 19.9 Å². The van der Waals surface area contributed by atoms with E-state index in [1.165, 1.54) is 35.6 Å². The quantitative estimate of drug-likeness (QED) is 0.571. The monoisotopic (exact) mass is 315 g/mol. The van der Waals surface area contributed by atoms with Crippen molar-refractivity contribution in [2.45, 2.75) is 33.6 Å². The number of ether oxygens (including phenoxy) is 2. The maximum Gasteiger partial charge on any atom is 0.335 e. The maximum atomic E-state index is 10.9. The lowest BCUT2D eigenvalue weighted by molar-refractivity contribution is 0.0696. The van der Waals surface area contributed by atoms with Crippen molar-refractivity contribution in [2.24, 2.45) is 0 Å². The first-order valence-electron chi connectivity index (χ1n) is 7.29. The molecule has 1 N–H and O–H groups in total. The van der Waals surface area contributed by atoms with Gasteiger partial charge in [0.2, 0.25) is 0 Å². The molecule has 0 amide bonds. The molecule has 0 saturated carbocycles. The van der Waals surface area contributed by atoms with E-state index in [0.717, 1.165) is 12.8 Å². The van der Waals surface area contributed by atoms with Gasteiger partial charge in [0, 0.05) is 6.07 Å². The van der Waals surface area contributed by atoms with E-state index in [0.29, 0.717) is 12.4 Å². The number of nitrogens with zero attached hydrogens (tertiary/aromatic N) is 1. The van der Waals surface area contributed by atoms with Crippen molar-refractivity contribution in [3.63, 3.8) is 0 Å². The number of carboxylic acid groups (broad SMARTS) is 1. The Bertz CT molecular complexity index is 649. The molecule has 0 aliphatic rings. The van der Waals surface area contributed by atoms with Crippen LogP contribution in [-0.2, 0) is 0 Å². The van der Waals surface area contributed by atoms with Crippen molar-refractivity contribution in [3.8, 4) is 17.8 Å². The van der Waals surface area contributed by atoms with Crippen molar-refractivity contribution in [1.82, 2.24) is 0 Å². The van der Waals surface area contributed by atoms with E-state index in [1.54, 1.807) is 0 Å². The lowest BCUT2D eigenvalue weighted by Crippen LogP contribution is -2.01. The van der Waals surface area contributed by atoms with E-state index in [4.69, 9.17) is 19.8 Å². The van der Waals surface area contributed by atoms with Crippen molar-refractivity contribution < 1.29 is 19.4 Å². The molecule has 1 rings (SSSR count). The van der Waals surface area contributed by atoms with Crippen LogP contribution in [-0.4, -0.2) is 17.7 Å². The van der Waals surface area contributed by atoms with Gasteiger partial charge in [0.05, 0.1) is 5.56 Å². The van der Waals surface area contributed by atoms with E-state index >= 15 is 0 Å². The molecule has 122 valence electrons. The Hall–Kier alpha value is -2.74. The van der Waals surface area contributed by atoms with Gasteiger partial charge in [-0.1, -0.05) is 17.2 Å². The van der Waals surface area contributed by atoms with E-state index in [9.17, 15) is 4.79 Å². The second-order valence-corrected chi connectivity index (χ2v) is 5.34. The zero-order valence-electron chi connectivity index (χ0n) is 13.6. The summed E-state index contributed by atoms with van der Waals surface area (Å²) in [5, 5.41) is 17.6. The van der Waals surface area contributed by atoms with Crippen LogP contribution >= 0.6 is 0 Å². The van der Waals surface area contributed by atoms with E-state index in [-0.39, 0.29) is 11.3 Å². The highest BCUT2D eigenvalue weighted by molar-refractivity contribution is 5.88. The number of carboxylic acids is 1. The third kappa shape index (κ3) is 6.70. The summed E-state index contributed by atoms with van der Waals surface area (Å²) in [6.07, 6.45) is 7.61. The van der Waals surface area contributed by atoms with Gasteiger partial charge in [-0.3, -0.25) is 0 Å². The molecule has 1 aromatic carbocycles. The highest BCUT2D eigenvalue weighted by Crippen LogP contribution is 2.28. The minimum atomic E-state index is -1.09. The van der Waals surface area contributed by atoms with Crippen LogP contribution in [0.2, 0.25) is 0 Å². The molecule has 0 heterocycles. The van der Waals surface area contributed by atoms with Crippen LogP contribution in [0.4, 0.5) is 0 Å². The van der Waals surface area contributed by atoms with Crippen molar-refractivity contribution in [2.75, 3.05) is 6.61 Å². The SMILES string of the molecule is CC(C)=CCC/C(C)=C/COc1ccc(C(=O)O)cc1OC#N. The summed E-state index contributed by atoms with van der Waals surface area (Å²) in [6.45, 7) is 6.50. The van der Waals surface area contributed by atoms with Gasteiger partial charge in [-0.2, -0.15) is 0 Å². The van der Waals surface area contributed by atoms with Crippen LogP contribution in [0.5, 0.6) is 11.5 Å². The number of benzene rings is 1. The molecular formula is C18H21NO4. The maximum absolute atomic E-state index is 10.9. The summed E-state index contributed by atoms with van der Waals surface area (Å²) < 4.78 is 10.3. The molecule has 5 nitrogen and oxygen atoms in total. The summed E-state index contributed by atoms with van der Waals surface area (Å²) >= 11 is 0. The van der Waals surface area contributed by atoms with Crippen molar-refractivity contribution >= 4 is 5.97 Å². The number of allylic oxidation sites excluding steroid dienone is 3.